The fraction of sp³-hybridized carbons (Fsp3) is 0.471. The summed E-state index contributed by atoms with van der Waals surface area (Å²) in [5.41, 5.74) is 5.12. The Morgan fingerprint density at radius 2 is 1.65 bits per heavy atom. The molecule has 0 amide bonds. The average molecular weight is 272 g/mol. The van der Waals surface area contributed by atoms with Gasteiger partial charge in [0, 0.05) is 18.3 Å². The average Bonchev–Trinajstić information content (AvgIpc) is 2.62. The summed E-state index contributed by atoms with van der Waals surface area (Å²) in [5.74, 6) is 0. The SMILES string of the molecule is Cc1nn(C)c(C)c1C(O)c1ccc(C(C)(C)C)cc1. The van der Waals surface area contributed by atoms with E-state index in [1.54, 1.807) is 0 Å². The maximum Gasteiger partial charge on any atom is 0.108 e. The van der Waals surface area contributed by atoms with Crippen LogP contribution >= 0.6 is 0 Å². The number of aliphatic hydroxyl groups is 1. The lowest BCUT2D eigenvalue weighted by Crippen LogP contribution is -2.11. The molecule has 0 aliphatic carbocycles. The molecule has 108 valence electrons. The second kappa shape index (κ2) is 5.06. The minimum atomic E-state index is -0.613. The molecule has 0 fully saturated rings. The number of benzene rings is 1. The molecule has 0 spiro atoms. The number of hydrogen-bond donors (Lipinski definition) is 1. The molecule has 0 saturated carbocycles. The van der Waals surface area contributed by atoms with E-state index < -0.39 is 6.10 Å². The van der Waals surface area contributed by atoms with Crippen molar-refractivity contribution in [2.75, 3.05) is 0 Å². The van der Waals surface area contributed by atoms with Crippen molar-refractivity contribution < 1.29 is 5.11 Å². The van der Waals surface area contributed by atoms with E-state index in [0.29, 0.717) is 0 Å². The maximum absolute atomic E-state index is 10.6. The van der Waals surface area contributed by atoms with Crippen molar-refractivity contribution in [2.24, 2.45) is 7.05 Å². The van der Waals surface area contributed by atoms with Gasteiger partial charge in [0.25, 0.3) is 0 Å². The molecule has 1 aromatic carbocycles. The Morgan fingerprint density at radius 3 is 2.05 bits per heavy atom. The van der Waals surface area contributed by atoms with E-state index >= 15 is 0 Å². The summed E-state index contributed by atoms with van der Waals surface area (Å²) in [7, 11) is 1.90. The third-order valence-corrected chi connectivity index (χ3v) is 3.93. The second-order valence-corrected chi connectivity index (χ2v) is 6.48. The van der Waals surface area contributed by atoms with Gasteiger partial charge >= 0.3 is 0 Å². The van der Waals surface area contributed by atoms with Gasteiger partial charge in [-0.3, -0.25) is 4.68 Å². The lowest BCUT2D eigenvalue weighted by atomic mass is 9.86. The Hall–Kier alpha value is -1.61. The molecule has 1 heterocycles. The van der Waals surface area contributed by atoms with E-state index in [9.17, 15) is 5.11 Å². The van der Waals surface area contributed by atoms with Crippen molar-refractivity contribution >= 4 is 0 Å². The van der Waals surface area contributed by atoms with Crippen LogP contribution < -0.4 is 0 Å². The highest BCUT2D eigenvalue weighted by Gasteiger charge is 2.20. The van der Waals surface area contributed by atoms with Crippen LogP contribution in [-0.2, 0) is 12.5 Å². The minimum Gasteiger partial charge on any atom is -0.384 e. The second-order valence-electron chi connectivity index (χ2n) is 6.48. The van der Waals surface area contributed by atoms with E-state index in [2.05, 4.69) is 38.0 Å². The molecule has 0 saturated heterocycles. The van der Waals surface area contributed by atoms with Crippen molar-refractivity contribution in [1.82, 2.24) is 9.78 Å². The van der Waals surface area contributed by atoms with Gasteiger partial charge in [0.1, 0.15) is 6.10 Å². The number of aryl methyl sites for hydroxylation is 2. The highest BCUT2D eigenvalue weighted by atomic mass is 16.3. The predicted molar refractivity (Wildman–Crippen MR) is 81.9 cm³/mol. The van der Waals surface area contributed by atoms with Gasteiger partial charge < -0.3 is 5.11 Å². The summed E-state index contributed by atoms with van der Waals surface area (Å²) in [6.45, 7) is 10.5. The van der Waals surface area contributed by atoms with Gasteiger partial charge in [0.2, 0.25) is 0 Å². The molecule has 0 aliphatic rings. The largest absolute Gasteiger partial charge is 0.384 e. The Balaban J connectivity index is 2.37. The molecular weight excluding hydrogens is 248 g/mol. The summed E-state index contributed by atoms with van der Waals surface area (Å²) in [6, 6.07) is 8.22. The minimum absolute atomic E-state index is 0.129. The molecule has 1 atom stereocenters. The summed E-state index contributed by atoms with van der Waals surface area (Å²) >= 11 is 0. The first kappa shape index (κ1) is 14.8. The van der Waals surface area contributed by atoms with Crippen LogP contribution in [-0.4, -0.2) is 14.9 Å². The van der Waals surface area contributed by atoms with Crippen LogP contribution in [0.3, 0.4) is 0 Å². The molecule has 20 heavy (non-hydrogen) atoms. The normalized spacial score (nSPS) is 13.6. The Bertz CT molecular complexity index is 603. The number of nitrogens with zero attached hydrogens (tertiary/aromatic N) is 2. The molecule has 2 aromatic rings. The van der Waals surface area contributed by atoms with Crippen LogP contribution in [0.5, 0.6) is 0 Å². The fourth-order valence-electron chi connectivity index (χ4n) is 2.52. The lowest BCUT2D eigenvalue weighted by molar-refractivity contribution is 0.218. The molecule has 1 aromatic heterocycles. The van der Waals surface area contributed by atoms with Gasteiger partial charge in [0.05, 0.1) is 5.69 Å². The van der Waals surface area contributed by atoms with E-state index in [4.69, 9.17) is 0 Å². The first-order chi connectivity index (χ1) is 9.21. The third-order valence-electron chi connectivity index (χ3n) is 3.93. The molecule has 0 aliphatic heterocycles. The van der Waals surface area contributed by atoms with E-state index in [-0.39, 0.29) is 5.41 Å². The van der Waals surface area contributed by atoms with Gasteiger partial charge in [-0.2, -0.15) is 5.10 Å². The molecule has 3 nitrogen and oxygen atoms in total. The Morgan fingerprint density at radius 1 is 1.10 bits per heavy atom. The summed E-state index contributed by atoms with van der Waals surface area (Å²) in [6.07, 6.45) is -0.613. The Kier molecular flexibility index (Phi) is 3.74. The molecule has 3 heteroatoms. The number of aliphatic hydroxyl groups excluding tert-OH is 1. The number of hydrogen-bond acceptors (Lipinski definition) is 2. The molecule has 0 radical (unpaired) electrons. The van der Waals surface area contributed by atoms with Gasteiger partial charge in [-0.25, -0.2) is 0 Å². The van der Waals surface area contributed by atoms with Crippen molar-refractivity contribution in [3.05, 3.63) is 52.3 Å². The van der Waals surface area contributed by atoms with Crippen molar-refractivity contribution in [3.8, 4) is 0 Å². The zero-order chi connectivity index (χ0) is 15.1. The monoisotopic (exact) mass is 272 g/mol. The number of aromatic nitrogens is 2. The smallest absolute Gasteiger partial charge is 0.108 e. The standard InChI is InChI=1S/C17H24N2O/c1-11-15(12(2)19(6)18-11)16(20)13-7-9-14(10-8-13)17(3,4)5/h7-10,16,20H,1-6H3. The van der Waals surface area contributed by atoms with Crippen LogP contribution in [0.1, 0.15) is 55.0 Å². The van der Waals surface area contributed by atoms with Crippen molar-refractivity contribution in [2.45, 2.75) is 46.1 Å². The zero-order valence-electron chi connectivity index (χ0n) is 13.2. The lowest BCUT2D eigenvalue weighted by Gasteiger charge is -2.20. The van der Waals surface area contributed by atoms with Gasteiger partial charge in [-0.05, 0) is 30.4 Å². The van der Waals surface area contributed by atoms with Crippen LogP contribution in [0.2, 0.25) is 0 Å². The molecule has 1 N–H and O–H groups in total. The molecule has 1 unspecified atom stereocenters. The number of rotatable bonds is 2. The van der Waals surface area contributed by atoms with Crippen molar-refractivity contribution in [1.29, 1.82) is 0 Å². The van der Waals surface area contributed by atoms with E-state index in [0.717, 1.165) is 22.5 Å². The molecular formula is C17H24N2O. The quantitative estimate of drug-likeness (QED) is 0.909. The van der Waals surface area contributed by atoms with Crippen LogP contribution in [0, 0.1) is 13.8 Å². The van der Waals surface area contributed by atoms with Crippen LogP contribution in [0.4, 0.5) is 0 Å². The zero-order valence-corrected chi connectivity index (χ0v) is 13.2. The topological polar surface area (TPSA) is 38.0 Å². The van der Waals surface area contributed by atoms with Crippen LogP contribution in [0.25, 0.3) is 0 Å². The summed E-state index contributed by atoms with van der Waals surface area (Å²) in [4.78, 5) is 0. The molecule has 2 rings (SSSR count). The summed E-state index contributed by atoms with van der Waals surface area (Å²) in [5, 5.41) is 15.0. The third kappa shape index (κ3) is 2.63. The first-order valence-corrected chi connectivity index (χ1v) is 7.00. The predicted octanol–water partition coefficient (Wildman–Crippen LogP) is 3.42. The highest BCUT2D eigenvalue weighted by molar-refractivity contribution is 5.37. The van der Waals surface area contributed by atoms with Gasteiger partial charge in [-0.15, -0.1) is 0 Å². The molecule has 0 bridgehead atoms. The van der Waals surface area contributed by atoms with Crippen molar-refractivity contribution in [3.63, 3.8) is 0 Å². The summed E-state index contributed by atoms with van der Waals surface area (Å²) < 4.78 is 1.82. The fourth-order valence-corrected chi connectivity index (χ4v) is 2.52. The van der Waals surface area contributed by atoms with E-state index in [1.807, 2.05) is 37.7 Å². The highest BCUT2D eigenvalue weighted by Crippen LogP contribution is 2.29. The van der Waals surface area contributed by atoms with Gasteiger partial charge in [-0.1, -0.05) is 45.0 Å². The first-order valence-electron chi connectivity index (χ1n) is 7.00. The Labute approximate surface area is 121 Å². The van der Waals surface area contributed by atoms with E-state index in [1.165, 1.54) is 5.56 Å². The van der Waals surface area contributed by atoms with Crippen LogP contribution in [0.15, 0.2) is 24.3 Å². The maximum atomic E-state index is 10.6. The van der Waals surface area contributed by atoms with Gasteiger partial charge in [0.15, 0.2) is 0 Å².